The van der Waals surface area contributed by atoms with Crippen LogP contribution in [-0.2, 0) is 21.2 Å². The third kappa shape index (κ3) is 5.85. The molecule has 1 N–H and O–H groups in total. The number of hydrogen-bond donors (Lipinski definition) is 1. The highest BCUT2D eigenvalue weighted by Crippen LogP contribution is 2.28. The van der Waals surface area contributed by atoms with Gasteiger partial charge in [0.15, 0.2) is 11.5 Å². The number of carbonyl (C=O) groups excluding carboxylic acids is 1. The Morgan fingerprint density at radius 3 is 2.40 bits per heavy atom. The van der Waals surface area contributed by atoms with E-state index in [-0.39, 0.29) is 5.69 Å². The average molecular weight is 439 g/mol. The van der Waals surface area contributed by atoms with E-state index in [1.807, 2.05) is 18.2 Å². The van der Waals surface area contributed by atoms with Gasteiger partial charge in [-0.05, 0) is 49.6 Å². The second-order valence-corrected chi connectivity index (χ2v) is 8.63. The van der Waals surface area contributed by atoms with E-state index in [0.29, 0.717) is 30.9 Å². The summed E-state index contributed by atoms with van der Waals surface area (Å²) in [4.78, 5) is 12.5. The van der Waals surface area contributed by atoms with Gasteiger partial charge in [-0.1, -0.05) is 18.2 Å². The molecule has 2 rings (SSSR count). The van der Waals surface area contributed by atoms with Gasteiger partial charge >= 0.3 is 0 Å². The van der Waals surface area contributed by atoms with Gasteiger partial charge in [0.05, 0.1) is 26.2 Å². The van der Waals surface area contributed by atoms with E-state index < -0.39 is 27.8 Å². The molecule has 9 heteroatoms. The Balaban J connectivity index is 1.99. The van der Waals surface area contributed by atoms with Crippen molar-refractivity contribution in [2.45, 2.75) is 25.8 Å². The Morgan fingerprint density at radius 2 is 1.80 bits per heavy atom. The molecule has 0 unspecified atom stereocenters. The second kappa shape index (κ2) is 10.3. The molecule has 30 heavy (non-hydrogen) atoms. The predicted molar refractivity (Wildman–Crippen MR) is 114 cm³/mol. The van der Waals surface area contributed by atoms with Gasteiger partial charge in [-0.25, -0.2) is 12.8 Å². The predicted octanol–water partition coefficient (Wildman–Crippen LogP) is 2.75. The van der Waals surface area contributed by atoms with Crippen molar-refractivity contribution in [1.29, 1.82) is 0 Å². The number of rotatable bonds is 10. The number of nitrogens with one attached hydrogen (secondary N) is 1. The minimum atomic E-state index is -3.87. The first-order chi connectivity index (χ1) is 14.2. The van der Waals surface area contributed by atoms with Crippen molar-refractivity contribution in [2.75, 3.05) is 31.3 Å². The van der Waals surface area contributed by atoms with Crippen LogP contribution in [0.4, 0.5) is 10.1 Å². The molecule has 164 valence electrons. The number of halogens is 1. The molecule has 0 heterocycles. The van der Waals surface area contributed by atoms with E-state index in [1.54, 1.807) is 14.2 Å². The van der Waals surface area contributed by atoms with Crippen LogP contribution in [0.25, 0.3) is 0 Å². The summed E-state index contributed by atoms with van der Waals surface area (Å²) in [6.07, 6.45) is 2.25. The van der Waals surface area contributed by atoms with Gasteiger partial charge in [-0.2, -0.15) is 0 Å². The zero-order valence-electron chi connectivity index (χ0n) is 17.5. The van der Waals surface area contributed by atoms with Gasteiger partial charge in [0.25, 0.3) is 0 Å². The maximum absolute atomic E-state index is 14.1. The molecule has 0 aliphatic carbocycles. The maximum Gasteiger partial charge on any atom is 0.243 e. The van der Waals surface area contributed by atoms with Crippen molar-refractivity contribution in [1.82, 2.24) is 5.32 Å². The molecule has 0 aliphatic rings. The minimum Gasteiger partial charge on any atom is -0.493 e. The largest absolute Gasteiger partial charge is 0.493 e. The SMILES string of the molecule is COc1ccc(CCCNC(=O)[C@H](C)N(c2ccccc2F)S(C)(=O)=O)cc1OC. The summed E-state index contributed by atoms with van der Waals surface area (Å²) < 4.78 is 49.9. The number of ether oxygens (including phenoxy) is 2. The van der Waals surface area contributed by atoms with Gasteiger partial charge in [0.1, 0.15) is 11.9 Å². The van der Waals surface area contributed by atoms with Crippen LogP contribution in [-0.4, -0.2) is 47.4 Å². The van der Waals surface area contributed by atoms with E-state index in [1.165, 1.54) is 25.1 Å². The van der Waals surface area contributed by atoms with Gasteiger partial charge in [0, 0.05) is 6.54 Å². The number of hydrogen-bond acceptors (Lipinski definition) is 5. The fourth-order valence-corrected chi connectivity index (χ4v) is 4.27. The Morgan fingerprint density at radius 1 is 1.13 bits per heavy atom. The van der Waals surface area contributed by atoms with Gasteiger partial charge < -0.3 is 14.8 Å². The van der Waals surface area contributed by atoms with Gasteiger partial charge in [-0.15, -0.1) is 0 Å². The second-order valence-electron chi connectivity index (χ2n) is 6.77. The van der Waals surface area contributed by atoms with E-state index in [4.69, 9.17) is 9.47 Å². The summed E-state index contributed by atoms with van der Waals surface area (Å²) in [5, 5.41) is 2.72. The Hall–Kier alpha value is -2.81. The summed E-state index contributed by atoms with van der Waals surface area (Å²) in [7, 11) is -0.739. The van der Waals surface area contributed by atoms with Crippen LogP contribution in [0.1, 0.15) is 18.9 Å². The molecule has 1 atom stereocenters. The van der Waals surface area contributed by atoms with Crippen molar-refractivity contribution in [3.8, 4) is 11.5 Å². The highest BCUT2D eigenvalue weighted by molar-refractivity contribution is 7.92. The molecule has 0 radical (unpaired) electrons. The van der Waals surface area contributed by atoms with Crippen LogP contribution in [0.5, 0.6) is 11.5 Å². The monoisotopic (exact) mass is 438 g/mol. The van der Waals surface area contributed by atoms with Crippen molar-refractivity contribution in [2.24, 2.45) is 0 Å². The normalized spacial score (nSPS) is 12.2. The highest BCUT2D eigenvalue weighted by Gasteiger charge is 2.30. The highest BCUT2D eigenvalue weighted by atomic mass is 32.2. The first-order valence-electron chi connectivity index (χ1n) is 9.41. The Bertz CT molecular complexity index is 981. The molecule has 0 aromatic heterocycles. The third-order valence-electron chi connectivity index (χ3n) is 4.57. The maximum atomic E-state index is 14.1. The smallest absolute Gasteiger partial charge is 0.243 e. The lowest BCUT2D eigenvalue weighted by atomic mass is 10.1. The fraction of sp³-hybridized carbons (Fsp3) is 0.381. The number of nitrogens with zero attached hydrogens (tertiary/aromatic N) is 1. The molecule has 0 saturated carbocycles. The van der Waals surface area contributed by atoms with E-state index in [9.17, 15) is 17.6 Å². The molecule has 0 spiro atoms. The molecule has 2 aromatic rings. The topological polar surface area (TPSA) is 84.9 Å². The Labute approximate surface area is 176 Å². The number of sulfonamides is 1. The number of benzene rings is 2. The average Bonchev–Trinajstić information content (AvgIpc) is 2.71. The third-order valence-corrected chi connectivity index (χ3v) is 5.80. The number of para-hydroxylation sites is 1. The number of amides is 1. The van der Waals surface area contributed by atoms with Crippen LogP contribution in [0.3, 0.4) is 0 Å². The summed E-state index contributed by atoms with van der Waals surface area (Å²) in [6, 6.07) is 9.95. The van der Waals surface area contributed by atoms with Crippen LogP contribution >= 0.6 is 0 Å². The summed E-state index contributed by atoms with van der Waals surface area (Å²) in [6.45, 7) is 1.77. The molecule has 2 aromatic carbocycles. The van der Waals surface area contributed by atoms with Gasteiger partial charge in [0.2, 0.25) is 15.9 Å². The van der Waals surface area contributed by atoms with Crippen LogP contribution in [0.15, 0.2) is 42.5 Å². The number of carbonyl (C=O) groups is 1. The van der Waals surface area contributed by atoms with Crippen molar-refractivity contribution in [3.63, 3.8) is 0 Å². The van der Waals surface area contributed by atoms with Crippen molar-refractivity contribution < 1.29 is 27.1 Å². The lowest BCUT2D eigenvalue weighted by molar-refractivity contribution is -0.121. The van der Waals surface area contributed by atoms with Crippen molar-refractivity contribution >= 4 is 21.6 Å². The molecule has 0 fully saturated rings. The fourth-order valence-electron chi connectivity index (χ4n) is 3.10. The van der Waals surface area contributed by atoms with Crippen LogP contribution in [0.2, 0.25) is 0 Å². The summed E-state index contributed by atoms with van der Waals surface area (Å²) in [5.41, 5.74) is 0.854. The molecule has 0 aliphatic heterocycles. The first kappa shape index (κ1) is 23.5. The number of anilines is 1. The molecule has 0 saturated heterocycles. The quantitative estimate of drug-likeness (QED) is 0.577. The Kier molecular flexibility index (Phi) is 8.05. The standard InChI is InChI=1S/C21H27FN2O5S/c1-15(24(30(4,26)27)18-10-6-5-9-17(18)22)21(25)23-13-7-8-16-11-12-19(28-2)20(14-16)29-3/h5-6,9-12,14-15H,7-8,13H2,1-4H3,(H,23,25)/t15-/m0/s1. The van der Waals surface area contributed by atoms with Crippen LogP contribution < -0.4 is 19.1 Å². The molecular formula is C21H27FN2O5S. The lowest BCUT2D eigenvalue weighted by Gasteiger charge is -2.28. The van der Waals surface area contributed by atoms with E-state index >= 15 is 0 Å². The molecule has 1 amide bonds. The van der Waals surface area contributed by atoms with Crippen LogP contribution in [0, 0.1) is 5.82 Å². The van der Waals surface area contributed by atoms with Gasteiger partial charge in [-0.3, -0.25) is 9.10 Å². The van der Waals surface area contributed by atoms with E-state index in [2.05, 4.69) is 5.32 Å². The van der Waals surface area contributed by atoms with E-state index in [0.717, 1.165) is 22.2 Å². The first-order valence-corrected chi connectivity index (χ1v) is 11.3. The summed E-state index contributed by atoms with van der Waals surface area (Å²) in [5.74, 6) is 0.0470. The zero-order valence-corrected chi connectivity index (χ0v) is 18.3. The number of methoxy groups -OCH3 is 2. The minimum absolute atomic E-state index is 0.159. The summed E-state index contributed by atoms with van der Waals surface area (Å²) >= 11 is 0. The molecular weight excluding hydrogens is 411 g/mol. The molecule has 7 nitrogen and oxygen atoms in total. The zero-order chi connectivity index (χ0) is 22.3. The number of aryl methyl sites for hydroxylation is 1. The molecule has 0 bridgehead atoms. The lowest BCUT2D eigenvalue weighted by Crippen LogP contribution is -2.48. The van der Waals surface area contributed by atoms with Crippen molar-refractivity contribution in [3.05, 3.63) is 53.8 Å².